The lowest BCUT2D eigenvalue weighted by Crippen LogP contribution is -2.32. The van der Waals surface area contributed by atoms with Crippen molar-refractivity contribution in [3.05, 3.63) is 0 Å². The Morgan fingerprint density at radius 1 is 1.50 bits per heavy atom. The van der Waals surface area contributed by atoms with Gasteiger partial charge in [0, 0.05) is 0 Å². The minimum absolute atomic E-state index is 0.365. The van der Waals surface area contributed by atoms with Crippen LogP contribution in [0.1, 0.15) is 32.6 Å². The quantitative estimate of drug-likeness (QED) is 0.540. The molecule has 0 spiro atoms. The molecule has 2 nitrogen and oxygen atoms in total. The molecule has 0 bridgehead atoms. The molecule has 2 heteroatoms. The Balaban J connectivity index is 2.32. The van der Waals surface area contributed by atoms with Crippen LogP contribution in [-0.2, 0) is 0 Å². The van der Waals surface area contributed by atoms with Crippen LogP contribution in [0.4, 0.5) is 0 Å². The van der Waals surface area contributed by atoms with Gasteiger partial charge in [-0.05, 0) is 24.7 Å². The first-order valence-electron chi connectivity index (χ1n) is 4.14. The molecule has 0 aromatic carbocycles. The highest BCUT2D eigenvalue weighted by Crippen LogP contribution is 2.29. The van der Waals surface area contributed by atoms with E-state index in [0.717, 1.165) is 18.8 Å². The molecule has 60 valence electrons. The van der Waals surface area contributed by atoms with Crippen LogP contribution in [0.5, 0.6) is 0 Å². The van der Waals surface area contributed by atoms with Crippen molar-refractivity contribution in [1.29, 1.82) is 0 Å². The van der Waals surface area contributed by atoms with Crippen molar-refractivity contribution in [2.75, 3.05) is 0 Å². The molecule has 3 unspecified atom stereocenters. The van der Waals surface area contributed by atoms with E-state index in [1.165, 1.54) is 12.8 Å². The first-order chi connectivity index (χ1) is 4.70. The predicted octanol–water partition coefficient (Wildman–Crippen LogP) is 1.09. The second-order valence-electron chi connectivity index (χ2n) is 3.52. The van der Waals surface area contributed by atoms with Crippen molar-refractivity contribution in [2.24, 2.45) is 17.6 Å². The second kappa shape index (κ2) is 3.35. The van der Waals surface area contributed by atoms with Gasteiger partial charge in [-0.2, -0.15) is 0 Å². The van der Waals surface area contributed by atoms with Gasteiger partial charge in [0.2, 0.25) is 0 Å². The zero-order chi connectivity index (χ0) is 7.56. The van der Waals surface area contributed by atoms with Gasteiger partial charge in [0.1, 0.15) is 6.23 Å². The number of rotatable bonds is 1. The molecule has 1 aliphatic rings. The van der Waals surface area contributed by atoms with Crippen LogP contribution in [-0.4, -0.2) is 11.3 Å². The molecule has 0 amide bonds. The molecule has 1 saturated carbocycles. The third-order valence-electron chi connectivity index (χ3n) is 2.46. The normalized spacial score (nSPS) is 37.5. The fraction of sp³-hybridized carbons (Fsp3) is 1.00. The molecule has 1 rings (SSSR count). The van der Waals surface area contributed by atoms with E-state index in [1.54, 1.807) is 0 Å². The fourth-order valence-electron chi connectivity index (χ4n) is 1.79. The molecule has 10 heavy (non-hydrogen) atoms. The van der Waals surface area contributed by atoms with E-state index < -0.39 is 6.23 Å². The van der Waals surface area contributed by atoms with Gasteiger partial charge in [0.25, 0.3) is 0 Å². The summed E-state index contributed by atoms with van der Waals surface area (Å²) < 4.78 is 0. The summed E-state index contributed by atoms with van der Waals surface area (Å²) in [7, 11) is 0. The van der Waals surface area contributed by atoms with Gasteiger partial charge < -0.3 is 10.8 Å². The maximum absolute atomic E-state index is 9.07. The Bertz CT molecular complexity index is 103. The highest BCUT2D eigenvalue weighted by molar-refractivity contribution is 4.72. The van der Waals surface area contributed by atoms with Crippen LogP contribution in [0.2, 0.25) is 0 Å². The van der Waals surface area contributed by atoms with Gasteiger partial charge >= 0.3 is 0 Å². The van der Waals surface area contributed by atoms with Crippen molar-refractivity contribution in [1.82, 2.24) is 0 Å². The number of hydrogen-bond acceptors (Lipinski definition) is 2. The summed E-state index contributed by atoms with van der Waals surface area (Å²) in [6.45, 7) is 2.23. The van der Waals surface area contributed by atoms with Crippen LogP contribution in [0.15, 0.2) is 0 Å². The highest BCUT2D eigenvalue weighted by Gasteiger charge is 2.22. The summed E-state index contributed by atoms with van der Waals surface area (Å²) in [5.74, 6) is 1.13. The van der Waals surface area contributed by atoms with E-state index in [1.807, 2.05) is 0 Å². The molecule has 1 aliphatic carbocycles. The van der Waals surface area contributed by atoms with Gasteiger partial charge in [0.05, 0.1) is 0 Å². The summed E-state index contributed by atoms with van der Waals surface area (Å²) in [4.78, 5) is 0. The first kappa shape index (κ1) is 8.02. The van der Waals surface area contributed by atoms with E-state index in [2.05, 4.69) is 6.92 Å². The second-order valence-corrected chi connectivity index (χ2v) is 3.52. The molecular weight excluding hydrogens is 126 g/mol. The number of hydrogen-bond donors (Lipinski definition) is 2. The van der Waals surface area contributed by atoms with Gasteiger partial charge in [-0.3, -0.25) is 0 Å². The standard InChI is InChI=1S/C8H17NO/c1-6-3-2-4-7(5-6)8(9)10/h6-8,10H,2-5,9H2,1H3. The molecule has 3 atom stereocenters. The molecule has 0 saturated heterocycles. The predicted molar refractivity (Wildman–Crippen MR) is 41.3 cm³/mol. The smallest absolute Gasteiger partial charge is 0.105 e. The maximum Gasteiger partial charge on any atom is 0.105 e. The molecule has 0 heterocycles. The van der Waals surface area contributed by atoms with E-state index >= 15 is 0 Å². The van der Waals surface area contributed by atoms with Crippen LogP contribution >= 0.6 is 0 Å². The fourth-order valence-corrected chi connectivity index (χ4v) is 1.79. The van der Waals surface area contributed by atoms with Crippen LogP contribution < -0.4 is 5.73 Å². The lowest BCUT2D eigenvalue weighted by molar-refractivity contribution is 0.0770. The summed E-state index contributed by atoms with van der Waals surface area (Å²) in [5.41, 5.74) is 5.38. The topological polar surface area (TPSA) is 46.2 Å². The monoisotopic (exact) mass is 143 g/mol. The highest BCUT2D eigenvalue weighted by atomic mass is 16.3. The Labute approximate surface area is 62.4 Å². The molecular formula is C8H17NO. The maximum atomic E-state index is 9.07. The van der Waals surface area contributed by atoms with Gasteiger partial charge in [-0.15, -0.1) is 0 Å². The van der Waals surface area contributed by atoms with E-state index in [4.69, 9.17) is 10.8 Å². The average molecular weight is 143 g/mol. The average Bonchev–Trinajstić information content (AvgIpc) is 1.88. The van der Waals surface area contributed by atoms with Gasteiger partial charge in [-0.1, -0.05) is 19.8 Å². The zero-order valence-corrected chi connectivity index (χ0v) is 6.59. The SMILES string of the molecule is CC1CCCC(C(N)O)C1. The molecule has 0 aliphatic heterocycles. The van der Waals surface area contributed by atoms with E-state index in [-0.39, 0.29) is 0 Å². The summed E-state index contributed by atoms with van der Waals surface area (Å²) in [6, 6.07) is 0. The van der Waals surface area contributed by atoms with Crippen molar-refractivity contribution in [3.63, 3.8) is 0 Å². The van der Waals surface area contributed by atoms with Crippen molar-refractivity contribution in [2.45, 2.75) is 38.8 Å². The Hall–Kier alpha value is -0.0800. The van der Waals surface area contributed by atoms with Gasteiger partial charge in [-0.25, -0.2) is 0 Å². The Morgan fingerprint density at radius 3 is 2.60 bits per heavy atom. The largest absolute Gasteiger partial charge is 0.379 e. The molecule has 1 fully saturated rings. The zero-order valence-electron chi connectivity index (χ0n) is 6.59. The summed E-state index contributed by atoms with van der Waals surface area (Å²) in [6.07, 6.45) is 4.19. The van der Waals surface area contributed by atoms with E-state index in [0.29, 0.717) is 5.92 Å². The van der Waals surface area contributed by atoms with Crippen molar-refractivity contribution < 1.29 is 5.11 Å². The lowest BCUT2D eigenvalue weighted by Gasteiger charge is -2.28. The molecule has 0 aromatic rings. The van der Waals surface area contributed by atoms with E-state index in [9.17, 15) is 0 Å². The Morgan fingerprint density at radius 2 is 2.20 bits per heavy atom. The molecule has 0 aromatic heterocycles. The molecule has 0 radical (unpaired) electrons. The Kier molecular flexibility index (Phi) is 2.69. The molecule has 3 N–H and O–H groups in total. The third-order valence-corrected chi connectivity index (χ3v) is 2.46. The van der Waals surface area contributed by atoms with Gasteiger partial charge in [0.15, 0.2) is 0 Å². The number of aliphatic hydroxyl groups is 1. The minimum Gasteiger partial charge on any atom is -0.379 e. The third kappa shape index (κ3) is 1.96. The van der Waals surface area contributed by atoms with Crippen molar-refractivity contribution in [3.8, 4) is 0 Å². The van der Waals surface area contributed by atoms with Crippen LogP contribution in [0.25, 0.3) is 0 Å². The first-order valence-corrected chi connectivity index (χ1v) is 4.14. The summed E-state index contributed by atoms with van der Waals surface area (Å²) in [5, 5.41) is 9.07. The van der Waals surface area contributed by atoms with Crippen molar-refractivity contribution >= 4 is 0 Å². The number of nitrogens with two attached hydrogens (primary N) is 1. The lowest BCUT2D eigenvalue weighted by atomic mass is 9.82. The number of aliphatic hydroxyl groups excluding tert-OH is 1. The minimum atomic E-state index is -0.581. The van der Waals surface area contributed by atoms with Crippen LogP contribution in [0.3, 0.4) is 0 Å². The summed E-state index contributed by atoms with van der Waals surface area (Å²) >= 11 is 0. The van der Waals surface area contributed by atoms with Crippen LogP contribution in [0, 0.1) is 11.8 Å².